The van der Waals surface area contributed by atoms with E-state index in [2.05, 4.69) is 0 Å². The van der Waals surface area contributed by atoms with Crippen molar-refractivity contribution in [3.8, 4) is 0 Å². The molecule has 15 heavy (non-hydrogen) atoms. The summed E-state index contributed by atoms with van der Waals surface area (Å²) in [5.74, 6) is 0. The van der Waals surface area contributed by atoms with Crippen molar-refractivity contribution in [1.29, 1.82) is 0 Å². The van der Waals surface area contributed by atoms with Crippen LogP contribution >= 0.6 is 0 Å². The maximum atomic E-state index is 11.2. The van der Waals surface area contributed by atoms with Gasteiger partial charge in [-0.25, -0.2) is 0 Å². The van der Waals surface area contributed by atoms with Gasteiger partial charge in [0.15, 0.2) is 0 Å². The molecule has 0 spiro atoms. The van der Waals surface area contributed by atoms with Crippen LogP contribution in [0.5, 0.6) is 0 Å². The molecule has 0 aliphatic carbocycles. The second-order valence-electron chi connectivity index (χ2n) is 3.56. The molecule has 1 rings (SSSR count). The second-order valence-corrected chi connectivity index (χ2v) is 5.01. The van der Waals surface area contributed by atoms with Gasteiger partial charge in [-0.15, -0.1) is 0 Å². The largest absolute Gasteiger partial charge is 0.342 e. The topological polar surface area (TPSA) is 60.9 Å². The molecule has 1 N–H and O–H groups in total. The van der Waals surface area contributed by atoms with Crippen molar-refractivity contribution in [2.24, 2.45) is 0 Å². The molecule has 1 aliphatic rings. The van der Waals surface area contributed by atoms with Gasteiger partial charge >= 0.3 is 10.1 Å². The van der Waals surface area contributed by atoms with E-state index in [1.807, 2.05) is 13.8 Å². The summed E-state index contributed by atoms with van der Waals surface area (Å²) in [4.78, 5) is 3.26. The molecule has 0 saturated carbocycles. The minimum Gasteiger partial charge on any atom is -0.342 e. The third kappa shape index (κ3) is 2.85. The standard InChI is InChI=1S/C9H18N2O3S/c1-3-5-6-11-8-7-10(4-2)9(11)15(12,13)14/h7-9H,3-6H2,1-2H3,(H,12,13,14). The average molecular weight is 234 g/mol. The maximum Gasteiger partial charge on any atom is 0.306 e. The molecule has 5 nitrogen and oxygen atoms in total. The first-order chi connectivity index (χ1) is 7.00. The van der Waals surface area contributed by atoms with Crippen LogP contribution in [0.2, 0.25) is 0 Å². The minimum absolute atomic E-state index is 0.559. The van der Waals surface area contributed by atoms with Crippen LogP contribution in [0, 0.1) is 0 Å². The Morgan fingerprint density at radius 2 is 1.87 bits per heavy atom. The van der Waals surface area contributed by atoms with Crippen LogP contribution < -0.4 is 0 Å². The average Bonchev–Trinajstić information content (AvgIpc) is 2.56. The summed E-state index contributed by atoms with van der Waals surface area (Å²) in [6.07, 6.45) is 5.33. The van der Waals surface area contributed by atoms with Crippen molar-refractivity contribution in [3.63, 3.8) is 0 Å². The smallest absolute Gasteiger partial charge is 0.306 e. The first kappa shape index (κ1) is 12.3. The van der Waals surface area contributed by atoms with E-state index in [0.29, 0.717) is 13.1 Å². The summed E-state index contributed by atoms with van der Waals surface area (Å²) in [6, 6.07) is 0. The highest BCUT2D eigenvalue weighted by Crippen LogP contribution is 2.20. The molecule has 0 fully saturated rings. The Kier molecular flexibility index (Phi) is 3.98. The van der Waals surface area contributed by atoms with Gasteiger partial charge in [-0.1, -0.05) is 13.3 Å². The van der Waals surface area contributed by atoms with Crippen LogP contribution in [-0.4, -0.2) is 41.4 Å². The summed E-state index contributed by atoms with van der Waals surface area (Å²) in [7, 11) is -4.05. The van der Waals surface area contributed by atoms with E-state index in [1.165, 1.54) is 0 Å². The summed E-state index contributed by atoms with van der Waals surface area (Å²) in [6.45, 7) is 5.10. The maximum absolute atomic E-state index is 11.2. The Labute approximate surface area is 91.1 Å². The van der Waals surface area contributed by atoms with Gasteiger partial charge in [0, 0.05) is 25.5 Å². The molecule has 0 bridgehead atoms. The number of rotatable bonds is 5. The van der Waals surface area contributed by atoms with Crippen LogP contribution in [-0.2, 0) is 10.1 Å². The molecule has 0 radical (unpaired) electrons. The van der Waals surface area contributed by atoms with E-state index in [1.54, 1.807) is 22.2 Å². The van der Waals surface area contributed by atoms with Gasteiger partial charge in [-0.2, -0.15) is 8.42 Å². The normalized spacial score (nSPS) is 21.4. The SMILES string of the molecule is CCCCN1C=CN(CC)C1S(=O)(=O)O. The van der Waals surface area contributed by atoms with E-state index < -0.39 is 15.6 Å². The zero-order chi connectivity index (χ0) is 11.5. The molecule has 0 saturated heterocycles. The highest BCUT2D eigenvalue weighted by Gasteiger charge is 2.35. The first-order valence-electron chi connectivity index (χ1n) is 5.16. The lowest BCUT2D eigenvalue weighted by atomic mass is 10.3. The summed E-state index contributed by atoms with van der Waals surface area (Å²) in [5.41, 5.74) is -0.936. The summed E-state index contributed by atoms with van der Waals surface area (Å²) in [5, 5.41) is 0. The van der Waals surface area contributed by atoms with Crippen LogP contribution in [0.4, 0.5) is 0 Å². The third-order valence-corrected chi connectivity index (χ3v) is 3.49. The lowest BCUT2D eigenvalue weighted by Crippen LogP contribution is -2.44. The lowest BCUT2D eigenvalue weighted by Gasteiger charge is -2.29. The van der Waals surface area contributed by atoms with Crippen LogP contribution in [0.25, 0.3) is 0 Å². The molecular formula is C9H18N2O3S. The third-order valence-electron chi connectivity index (χ3n) is 2.42. The van der Waals surface area contributed by atoms with Crippen molar-refractivity contribution in [3.05, 3.63) is 12.4 Å². The number of hydrogen-bond acceptors (Lipinski definition) is 4. The van der Waals surface area contributed by atoms with Crippen molar-refractivity contribution < 1.29 is 13.0 Å². The van der Waals surface area contributed by atoms with Gasteiger partial charge in [-0.3, -0.25) is 4.55 Å². The Balaban J connectivity index is 2.76. The molecule has 88 valence electrons. The van der Waals surface area contributed by atoms with Crippen molar-refractivity contribution in [1.82, 2.24) is 9.80 Å². The molecule has 1 heterocycles. The fourth-order valence-corrected chi connectivity index (χ4v) is 2.72. The highest BCUT2D eigenvalue weighted by atomic mass is 32.2. The Morgan fingerprint density at radius 3 is 2.33 bits per heavy atom. The molecule has 1 aliphatic heterocycles. The van der Waals surface area contributed by atoms with Crippen molar-refractivity contribution in [2.75, 3.05) is 13.1 Å². The monoisotopic (exact) mass is 234 g/mol. The van der Waals surface area contributed by atoms with Gasteiger partial charge in [0.25, 0.3) is 0 Å². The zero-order valence-corrected chi connectivity index (χ0v) is 9.94. The van der Waals surface area contributed by atoms with E-state index in [0.717, 1.165) is 12.8 Å². The Hall–Kier alpha value is -0.750. The van der Waals surface area contributed by atoms with Gasteiger partial charge in [0.05, 0.1) is 0 Å². The Morgan fingerprint density at radius 1 is 1.27 bits per heavy atom. The van der Waals surface area contributed by atoms with Gasteiger partial charge in [0.2, 0.25) is 5.50 Å². The summed E-state index contributed by atoms with van der Waals surface area (Å²) < 4.78 is 31.6. The number of nitrogens with zero attached hydrogens (tertiary/aromatic N) is 2. The van der Waals surface area contributed by atoms with E-state index >= 15 is 0 Å². The molecule has 6 heteroatoms. The number of unbranched alkanes of at least 4 members (excludes halogenated alkanes) is 1. The summed E-state index contributed by atoms with van der Waals surface area (Å²) >= 11 is 0. The molecule has 1 unspecified atom stereocenters. The second kappa shape index (κ2) is 4.85. The minimum atomic E-state index is -4.05. The number of hydrogen-bond donors (Lipinski definition) is 1. The van der Waals surface area contributed by atoms with Crippen molar-refractivity contribution in [2.45, 2.75) is 32.2 Å². The van der Waals surface area contributed by atoms with Crippen LogP contribution in [0.3, 0.4) is 0 Å². The van der Waals surface area contributed by atoms with E-state index in [4.69, 9.17) is 4.55 Å². The fourth-order valence-electron chi connectivity index (χ4n) is 1.64. The zero-order valence-electron chi connectivity index (χ0n) is 9.13. The van der Waals surface area contributed by atoms with Gasteiger partial charge in [-0.05, 0) is 13.3 Å². The lowest BCUT2D eigenvalue weighted by molar-refractivity contribution is 0.212. The quantitative estimate of drug-likeness (QED) is 0.721. The van der Waals surface area contributed by atoms with Crippen molar-refractivity contribution >= 4 is 10.1 Å². The van der Waals surface area contributed by atoms with E-state index in [-0.39, 0.29) is 0 Å². The Bertz CT molecular complexity index is 326. The molecule has 0 amide bonds. The highest BCUT2D eigenvalue weighted by molar-refractivity contribution is 7.86. The molecule has 1 atom stereocenters. The molecule has 0 aromatic heterocycles. The van der Waals surface area contributed by atoms with Gasteiger partial charge in [0.1, 0.15) is 0 Å². The van der Waals surface area contributed by atoms with Crippen LogP contribution in [0.15, 0.2) is 12.4 Å². The predicted molar refractivity (Wildman–Crippen MR) is 58.5 cm³/mol. The van der Waals surface area contributed by atoms with Gasteiger partial charge < -0.3 is 9.80 Å². The molecular weight excluding hydrogens is 216 g/mol. The molecule has 0 aromatic carbocycles. The predicted octanol–water partition coefficient (Wildman–Crippen LogP) is 1.07. The molecule has 0 aromatic rings. The van der Waals surface area contributed by atoms with Crippen LogP contribution in [0.1, 0.15) is 26.7 Å². The van der Waals surface area contributed by atoms with E-state index in [9.17, 15) is 8.42 Å². The first-order valence-corrected chi connectivity index (χ1v) is 6.67. The fraction of sp³-hybridized carbons (Fsp3) is 0.778.